The van der Waals surface area contributed by atoms with Gasteiger partial charge in [0.25, 0.3) is 0 Å². The summed E-state index contributed by atoms with van der Waals surface area (Å²) in [6, 6.07) is 7.68. The van der Waals surface area contributed by atoms with Crippen LogP contribution in [-0.4, -0.2) is 36.9 Å². The fraction of sp³-hybridized carbons (Fsp3) is 0.650. The molecular weight excluding hydrogens is 286 g/mol. The number of benzene rings is 1. The maximum absolute atomic E-state index is 12.0. The number of carbonyl (C=O) groups excluding carboxylic acids is 1. The lowest BCUT2D eigenvalue weighted by atomic mass is 9.92. The number of Topliss-reactive ketones (excluding diaryl/α,β-unsaturated/α-hetero) is 1. The van der Waals surface area contributed by atoms with E-state index in [4.69, 9.17) is 4.74 Å². The Balaban J connectivity index is 1.38. The Morgan fingerprint density at radius 3 is 2.39 bits per heavy atom. The minimum absolute atomic E-state index is 0.288. The molecule has 126 valence electrons. The van der Waals surface area contributed by atoms with E-state index < -0.39 is 0 Å². The number of ketones is 1. The average Bonchev–Trinajstić information content (AvgIpc) is 3.35. The first kappa shape index (κ1) is 16.5. The Kier molecular flexibility index (Phi) is 5.37. The molecule has 0 unspecified atom stereocenters. The molecule has 2 fully saturated rings. The second-order valence-corrected chi connectivity index (χ2v) is 7.57. The third-order valence-electron chi connectivity index (χ3n) is 4.92. The molecule has 0 aromatic heterocycles. The van der Waals surface area contributed by atoms with E-state index in [-0.39, 0.29) is 5.92 Å². The molecule has 0 N–H and O–H groups in total. The summed E-state index contributed by atoms with van der Waals surface area (Å²) < 4.78 is 5.82. The minimum atomic E-state index is 0.288. The molecule has 3 heteroatoms. The summed E-state index contributed by atoms with van der Waals surface area (Å²) in [6.07, 6.45) is 4.54. The highest BCUT2D eigenvalue weighted by Gasteiger charge is 2.30. The molecule has 0 spiro atoms. The smallest absolute Gasteiger partial charge is 0.165 e. The van der Waals surface area contributed by atoms with Gasteiger partial charge < -0.3 is 9.64 Å². The van der Waals surface area contributed by atoms with Gasteiger partial charge in [-0.3, -0.25) is 4.79 Å². The molecule has 1 saturated heterocycles. The summed E-state index contributed by atoms with van der Waals surface area (Å²) in [7, 11) is 0. The third kappa shape index (κ3) is 4.81. The normalized spacial score (nSPS) is 25.3. The molecule has 1 heterocycles. The first-order valence-electron chi connectivity index (χ1n) is 9.11. The highest BCUT2D eigenvalue weighted by Crippen LogP contribution is 2.32. The van der Waals surface area contributed by atoms with Gasteiger partial charge in [-0.2, -0.15) is 0 Å². The first-order chi connectivity index (χ1) is 11.1. The average molecular weight is 315 g/mol. The van der Waals surface area contributed by atoms with Gasteiger partial charge >= 0.3 is 0 Å². The molecule has 2 aliphatic rings. The molecule has 0 amide bonds. The molecule has 1 aliphatic heterocycles. The Hall–Kier alpha value is -1.35. The minimum Gasteiger partial charge on any atom is -0.494 e. The van der Waals surface area contributed by atoms with Crippen LogP contribution < -0.4 is 4.74 Å². The van der Waals surface area contributed by atoms with Crippen LogP contribution in [0.5, 0.6) is 5.75 Å². The molecule has 1 aromatic rings. The Morgan fingerprint density at radius 2 is 1.78 bits per heavy atom. The zero-order chi connectivity index (χ0) is 16.2. The predicted octanol–water partition coefficient (Wildman–Crippen LogP) is 4.03. The van der Waals surface area contributed by atoms with Crippen LogP contribution in [0.1, 0.15) is 49.9 Å². The molecule has 3 nitrogen and oxygen atoms in total. The second kappa shape index (κ2) is 7.48. The standard InChI is InChI=1S/C20H29NO2/c1-15-12-16(2)14-21(13-15)10-3-11-23-19-8-6-18(7-9-19)20(22)17-4-5-17/h6-9,15-17H,3-5,10-14H2,1-2H3/t15-,16-/m0/s1. The van der Waals surface area contributed by atoms with E-state index >= 15 is 0 Å². The first-order valence-corrected chi connectivity index (χ1v) is 9.11. The summed E-state index contributed by atoms with van der Waals surface area (Å²) in [4.78, 5) is 14.5. The van der Waals surface area contributed by atoms with Crippen molar-refractivity contribution in [3.63, 3.8) is 0 Å². The van der Waals surface area contributed by atoms with E-state index in [1.165, 1.54) is 19.5 Å². The van der Waals surface area contributed by atoms with Crippen LogP contribution in [0.2, 0.25) is 0 Å². The van der Waals surface area contributed by atoms with Gasteiger partial charge in [0.1, 0.15) is 5.75 Å². The summed E-state index contributed by atoms with van der Waals surface area (Å²) >= 11 is 0. The summed E-state index contributed by atoms with van der Waals surface area (Å²) in [5, 5.41) is 0. The molecule has 3 rings (SSSR count). The molecule has 1 aromatic carbocycles. The number of carbonyl (C=O) groups is 1. The van der Waals surface area contributed by atoms with Crippen LogP contribution in [0, 0.1) is 17.8 Å². The largest absolute Gasteiger partial charge is 0.494 e. The molecule has 1 aliphatic carbocycles. The molecule has 2 atom stereocenters. The van der Waals surface area contributed by atoms with Crippen LogP contribution in [-0.2, 0) is 0 Å². The van der Waals surface area contributed by atoms with Crippen LogP contribution in [0.15, 0.2) is 24.3 Å². The number of piperidine rings is 1. The van der Waals surface area contributed by atoms with Crippen molar-refractivity contribution in [2.45, 2.75) is 39.5 Å². The second-order valence-electron chi connectivity index (χ2n) is 7.57. The summed E-state index contributed by atoms with van der Waals surface area (Å²) in [5.41, 5.74) is 0.830. The van der Waals surface area contributed by atoms with Crippen molar-refractivity contribution in [2.24, 2.45) is 17.8 Å². The Morgan fingerprint density at radius 1 is 1.13 bits per heavy atom. The molecule has 23 heavy (non-hydrogen) atoms. The van der Waals surface area contributed by atoms with Gasteiger partial charge in [0.15, 0.2) is 5.78 Å². The molecule has 1 saturated carbocycles. The van der Waals surface area contributed by atoms with E-state index in [0.717, 1.165) is 55.6 Å². The number of rotatable bonds is 7. The highest BCUT2D eigenvalue weighted by molar-refractivity contribution is 5.99. The number of hydrogen-bond donors (Lipinski definition) is 0. The van der Waals surface area contributed by atoms with Crippen molar-refractivity contribution in [1.29, 1.82) is 0 Å². The fourth-order valence-corrected chi connectivity index (χ4v) is 3.75. The molecule has 0 radical (unpaired) electrons. The number of hydrogen-bond acceptors (Lipinski definition) is 3. The predicted molar refractivity (Wildman–Crippen MR) is 93.0 cm³/mol. The number of ether oxygens (including phenoxy) is 1. The zero-order valence-electron chi connectivity index (χ0n) is 14.5. The SMILES string of the molecule is C[C@H]1C[C@H](C)CN(CCCOc2ccc(C(=O)C3CC3)cc2)C1. The lowest BCUT2D eigenvalue weighted by molar-refractivity contribution is 0.0967. The van der Waals surface area contributed by atoms with Gasteiger partial charge in [-0.15, -0.1) is 0 Å². The monoisotopic (exact) mass is 315 g/mol. The van der Waals surface area contributed by atoms with Crippen LogP contribution in [0.4, 0.5) is 0 Å². The van der Waals surface area contributed by atoms with Gasteiger partial charge in [-0.1, -0.05) is 13.8 Å². The maximum atomic E-state index is 12.0. The highest BCUT2D eigenvalue weighted by atomic mass is 16.5. The van der Waals surface area contributed by atoms with Crippen molar-refractivity contribution < 1.29 is 9.53 Å². The Labute approximate surface area is 140 Å². The van der Waals surface area contributed by atoms with Gasteiger partial charge in [0, 0.05) is 31.1 Å². The van der Waals surface area contributed by atoms with Gasteiger partial charge in [-0.25, -0.2) is 0 Å². The lowest BCUT2D eigenvalue weighted by Gasteiger charge is -2.34. The maximum Gasteiger partial charge on any atom is 0.165 e. The lowest BCUT2D eigenvalue weighted by Crippen LogP contribution is -2.39. The van der Waals surface area contributed by atoms with Gasteiger partial charge in [-0.05, 0) is 61.8 Å². The van der Waals surface area contributed by atoms with E-state index in [2.05, 4.69) is 18.7 Å². The third-order valence-corrected chi connectivity index (χ3v) is 4.92. The Bertz CT molecular complexity index is 511. The number of nitrogens with zero attached hydrogens (tertiary/aromatic N) is 1. The van der Waals surface area contributed by atoms with E-state index in [1.807, 2.05) is 24.3 Å². The van der Waals surface area contributed by atoms with Crippen molar-refractivity contribution in [3.05, 3.63) is 29.8 Å². The fourth-order valence-electron chi connectivity index (χ4n) is 3.75. The molecule has 0 bridgehead atoms. The summed E-state index contributed by atoms with van der Waals surface area (Å²) in [6.45, 7) is 9.01. The van der Waals surface area contributed by atoms with Crippen LogP contribution >= 0.6 is 0 Å². The van der Waals surface area contributed by atoms with Gasteiger partial charge in [0.05, 0.1) is 6.61 Å². The van der Waals surface area contributed by atoms with E-state index in [1.54, 1.807) is 0 Å². The van der Waals surface area contributed by atoms with Crippen LogP contribution in [0.3, 0.4) is 0 Å². The van der Waals surface area contributed by atoms with Crippen molar-refractivity contribution in [2.75, 3.05) is 26.2 Å². The van der Waals surface area contributed by atoms with Crippen molar-refractivity contribution in [1.82, 2.24) is 4.90 Å². The zero-order valence-corrected chi connectivity index (χ0v) is 14.5. The van der Waals surface area contributed by atoms with Gasteiger partial charge in [0.2, 0.25) is 0 Å². The summed E-state index contributed by atoms with van der Waals surface area (Å²) in [5.74, 6) is 3.09. The van der Waals surface area contributed by atoms with Crippen molar-refractivity contribution in [3.8, 4) is 5.75 Å². The quantitative estimate of drug-likeness (QED) is 0.562. The topological polar surface area (TPSA) is 29.5 Å². The van der Waals surface area contributed by atoms with Crippen LogP contribution in [0.25, 0.3) is 0 Å². The number of likely N-dealkylation sites (tertiary alicyclic amines) is 1. The van der Waals surface area contributed by atoms with Crippen molar-refractivity contribution >= 4 is 5.78 Å². The molecular formula is C20H29NO2. The van der Waals surface area contributed by atoms with E-state index in [0.29, 0.717) is 5.78 Å². The van der Waals surface area contributed by atoms with E-state index in [9.17, 15) is 4.79 Å².